The van der Waals surface area contributed by atoms with Crippen LogP contribution in [0.3, 0.4) is 0 Å². The highest BCUT2D eigenvalue weighted by Crippen LogP contribution is 2.31. The zero-order chi connectivity index (χ0) is 18.9. The van der Waals surface area contributed by atoms with Crippen molar-refractivity contribution in [3.8, 4) is 10.8 Å². The van der Waals surface area contributed by atoms with E-state index in [0.29, 0.717) is 30.4 Å². The lowest BCUT2D eigenvalue weighted by molar-refractivity contribution is 0.286. The van der Waals surface area contributed by atoms with Gasteiger partial charge in [-0.3, -0.25) is 0 Å². The minimum Gasteiger partial charge on any atom is -0.420 e. The molecule has 3 aromatic rings. The Bertz CT molecular complexity index is 1000. The predicted octanol–water partition coefficient (Wildman–Crippen LogP) is 3.65. The molecular formula is C18H18FN3O3S2. The molecule has 0 aliphatic carbocycles. The summed E-state index contributed by atoms with van der Waals surface area (Å²) in [4.78, 5) is 0.894. The highest BCUT2D eigenvalue weighted by molar-refractivity contribution is 7.88. The molecular weight excluding hydrogens is 389 g/mol. The van der Waals surface area contributed by atoms with Crippen molar-refractivity contribution in [3.05, 3.63) is 59.0 Å². The van der Waals surface area contributed by atoms with Gasteiger partial charge in [-0.2, -0.15) is 0 Å². The van der Waals surface area contributed by atoms with E-state index < -0.39 is 10.0 Å². The van der Waals surface area contributed by atoms with E-state index in [2.05, 4.69) is 10.2 Å². The summed E-state index contributed by atoms with van der Waals surface area (Å²) < 4.78 is 45.8. The minimum atomic E-state index is -3.50. The van der Waals surface area contributed by atoms with Crippen LogP contribution in [0.4, 0.5) is 4.39 Å². The average Bonchev–Trinajstić information content (AvgIpc) is 3.35. The molecule has 27 heavy (non-hydrogen) atoms. The maximum atomic E-state index is 13.0. The molecule has 0 spiro atoms. The molecule has 1 atom stereocenters. The van der Waals surface area contributed by atoms with Gasteiger partial charge in [0.15, 0.2) is 0 Å². The smallest absolute Gasteiger partial charge is 0.257 e. The molecule has 1 unspecified atom stereocenters. The Morgan fingerprint density at radius 1 is 1.22 bits per heavy atom. The van der Waals surface area contributed by atoms with Crippen LogP contribution in [0, 0.1) is 5.82 Å². The molecule has 0 saturated carbocycles. The van der Waals surface area contributed by atoms with E-state index in [1.807, 2.05) is 17.5 Å². The molecule has 2 aromatic heterocycles. The second-order valence-electron chi connectivity index (χ2n) is 6.50. The zero-order valence-corrected chi connectivity index (χ0v) is 16.0. The normalized spacial score (nSPS) is 18.6. The molecule has 0 bridgehead atoms. The monoisotopic (exact) mass is 407 g/mol. The van der Waals surface area contributed by atoms with E-state index in [-0.39, 0.29) is 17.5 Å². The molecule has 1 aromatic carbocycles. The third kappa shape index (κ3) is 4.10. The first-order chi connectivity index (χ1) is 13.0. The Labute approximate surface area is 160 Å². The molecule has 1 aliphatic rings. The summed E-state index contributed by atoms with van der Waals surface area (Å²) in [5, 5.41) is 10.2. The van der Waals surface area contributed by atoms with Crippen molar-refractivity contribution in [1.29, 1.82) is 0 Å². The molecule has 4 rings (SSSR count). The van der Waals surface area contributed by atoms with Crippen LogP contribution in [0.15, 0.2) is 46.2 Å². The Morgan fingerprint density at radius 2 is 2.04 bits per heavy atom. The second-order valence-corrected chi connectivity index (χ2v) is 9.42. The summed E-state index contributed by atoms with van der Waals surface area (Å²) in [6.07, 6.45) is 1.53. The summed E-state index contributed by atoms with van der Waals surface area (Å²) in [5.41, 5.74) is 0.566. The Balaban J connectivity index is 1.48. The minimum absolute atomic E-state index is 0.122. The lowest BCUT2D eigenvalue weighted by Gasteiger charge is -2.30. The fourth-order valence-corrected chi connectivity index (χ4v) is 5.43. The van der Waals surface area contributed by atoms with Crippen LogP contribution in [-0.2, 0) is 15.8 Å². The van der Waals surface area contributed by atoms with Crippen molar-refractivity contribution in [3.63, 3.8) is 0 Å². The van der Waals surface area contributed by atoms with Crippen LogP contribution in [-0.4, -0.2) is 36.0 Å². The van der Waals surface area contributed by atoms with Crippen LogP contribution in [0.2, 0.25) is 0 Å². The van der Waals surface area contributed by atoms with Crippen molar-refractivity contribution in [1.82, 2.24) is 14.5 Å². The van der Waals surface area contributed by atoms with Gasteiger partial charge in [0.2, 0.25) is 15.9 Å². The van der Waals surface area contributed by atoms with E-state index in [1.165, 1.54) is 39.9 Å². The SMILES string of the molecule is O=S(=O)(Cc1ccc(F)cc1)N1CCCC(c2nnc(-c3cccs3)o2)C1. The Hall–Kier alpha value is -2.10. The zero-order valence-electron chi connectivity index (χ0n) is 14.4. The van der Waals surface area contributed by atoms with Crippen LogP contribution in [0.1, 0.15) is 30.2 Å². The predicted molar refractivity (Wildman–Crippen MR) is 100 cm³/mol. The summed E-state index contributed by atoms with van der Waals surface area (Å²) >= 11 is 1.51. The number of sulfonamides is 1. The van der Waals surface area contributed by atoms with Gasteiger partial charge in [0, 0.05) is 13.1 Å². The van der Waals surface area contributed by atoms with Gasteiger partial charge in [-0.05, 0) is 42.0 Å². The number of nitrogens with zero attached hydrogens (tertiary/aromatic N) is 3. The maximum absolute atomic E-state index is 13.0. The van der Waals surface area contributed by atoms with E-state index in [1.54, 1.807) is 0 Å². The molecule has 6 nitrogen and oxygen atoms in total. The van der Waals surface area contributed by atoms with E-state index in [0.717, 1.165) is 17.7 Å². The van der Waals surface area contributed by atoms with Crippen molar-refractivity contribution in [2.45, 2.75) is 24.5 Å². The van der Waals surface area contributed by atoms with Gasteiger partial charge in [-0.25, -0.2) is 17.1 Å². The second kappa shape index (κ2) is 7.49. The fourth-order valence-electron chi connectivity index (χ4n) is 3.18. The highest BCUT2D eigenvalue weighted by atomic mass is 32.2. The molecule has 1 aliphatic heterocycles. The van der Waals surface area contributed by atoms with Crippen molar-refractivity contribution in [2.75, 3.05) is 13.1 Å². The maximum Gasteiger partial charge on any atom is 0.257 e. The van der Waals surface area contributed by atoms with Gasteiger partial charge >= 0.3 is 0 Å². The number of hydrogen-bond donors (Lipinski definition) is 0. The largest absolute Gasteiger partial charge is 0.420 e. The topological polar surface area (TPSA) is 76.3 Å². The van der Waals surface area contributed by atoms with Crippen molar-refractivity contribution in [2.24, 2.45) is 0 Å². The number of benzene rings is 1. The number of rotatable bonds is 5. The quantitative estimate of drug-likeness (QED) is 0.645. The third-order valence-electron chi connectivity index (χ3n) is 4.56. The number of thiophene rings is 1. The number of aromatic nitrogens is 2. The van der Waals surface area contributed by atoms with Crippen LogP contribution in [0.25, 0.3) is 10.8 Å². The lowest BCUT2D eigenvalue weighted by atomic mass is 10.00. The summed E-state index contributed by atoms with van der Waals surface area (Å²) in [5.74, 6) is 0.283. The van der Waals surface area contributed by atoms with Gasteiger partial charge in [0.05, 0.1) is 16.5 Å². The van der Waals surface area contributed by atoms with E-state index in [4.69, 9.17) is 4.42 Å². The van der Waals surface area contributed by atoms with E-state index in [9.17, 15) is 12.8 Å². The highest BCUT2D eigenvalue weighted by Gasteiger charge is 2.32. The summed E-state index contributed by atoms with van der Waals surface area (Å²) in [6.45, 7) is 0.779. The first-order valence-electron chi connectivity index (χ1n) is 8.61. The Morgan fingerprint density at radius 3 is 2.78 bits per heavy atom. The molecule has 1 saturated heterocycles. The molecule has 1 fully saturated rings. The van der Waals surface area contributed by atoms with Gasteiger partial charge < -0.3 is 4.42 Å². The summed E-state index contributed by atoms with van der Waals surface area (Å²) in [6, 6.07) is 9.36. The van der Waals surface area contributed by atoms with Crippen molar-refractivity contribution >= 4 is 21.4 Å². The van der Waals surface area contributed by atoms with Gasteiger partial charge in [-0.15, -0.1) is 21.5 Å². The van der Waals surface area contributed by atoms with Gasteiger partial charge in [0.1, 0.15) is 5.82 Å². The van der Waals surface area contributed by atoms with Crippen LogP contribution < -0.4 is 0 Å². The average molecular weight is 407 g/mol. The molecule has 9 heteroatoms. The molecule has 3 heterocycles. The van der Waals surface area contributed by atoms with Crippen LogP contribution in [0.5, 0.6) is 0 Å². The van der Waals surface area contributed by atoms with Crippen LogP contribution >= 0.6 is 11.3 Å². The first-order valence-corrected chi connectivity index (χ1v) is 11.1. The van der Waals surface area contributed by atoms with Gasteiger partial charge in [-0.1, -0.05) is 18.2 Å². The molecule has 142 valence electrons. The van der Waals surface area contributed by atoms with Gasteiger partial charge in [0.25, 0.3) is 5.89 Å². The number of halogens is 1. The molecule has 0 N–H and O–H groups in total. The number of hydrogen-bond acceptors (Lipinski definition) is 6. The fraction of sp³-hybridized carbons (Fsp3) is 0.333. The van der Waals surface area contributed by atoms with Crippen molar-refractivity contribution < 1.29 is 17.2 Å². The standard InChI is InChI=1S/C18H18FN3O3S2/c19-15-7-5-13(6-8-15)12-27(23,24)22-9-1-3-14(11-22)17-20-21-18(25-17)16-4-2-10-26-16/h2,4-8,10,14H,1,3,9,11-12H2. The molecule has 0 radical (unpaired) electrons. The number of piperidine rings is 1. The lowest BCUT2D eigenvalue weighted by Crippen LogP contribution is -2.39. The molecule has 0 amide bonds. The first kappa shape index (κ1) is 18.3. The Kier molecular flexibility index (Phi) is 5.07. The third-order valence-corrected chi connectivity index (χ3v) is 7.24. The summed E-state index contributed by atoms with van der Waals surface area (Å²) in [7, 11) is -3.50. The van der Waals surface area contributed by atoms with E-state index >= 15 is 0 Å².